The van der Waals surface area contributed by atoms with Crippen LogP contribution in [0.1, 0.15) is 36.1 Å². The Labute approximate surface area is 138 Å². The lowest BCUT2D eigenvalue weighted by Gasteiger charge is -2.06. The molecule has 0 saturated heterocycles. The minimum atomic E-state index is -0.255. The highest BCUT2D eigenvalue weighted by molar-refractivity contribution is 7.14. The van der Waals surface area contributed by atoms with E-state index in [0.29, 0.717) is 10.8 Å². The number of carbonyl (C=O) groups is 1. The molecule has 0 spiro atoms. The molecule has 3 rings (SSSR count). The summed E-state index contributed by atoms with van der Waals surface area (Å²) in [4.78, 5) is 21.0. The summed E-state index contributed by atoms with van der Waals surface area (Å²) in [5, 5.41) is 9.54. The summed E-state index contributed by atoms with van der Waals surface area (Å²) in [5.74, 6) is -0.255. The molecule has 23 heavy (non-hydrogen) atoms. The van der Waals surface area contributed by atoms with Gasteiger partial charge in [0.2, 0.25) is 0 Å². The van der Waals surface area contributed by atoms with Crippen LogP contribution in [0, 0.1) is 6.92 Å². The molecule has 1 N–H and O–H groups in total. The van der Waals surface area contributed by atoms with Crippen LogP contribution in [0.3, 0.4) is 0 Å². The number of aromatic nitrogens is 4. The highest BCUT2D eigenvalue weighted by Crippen LogP contribution is 2.23. The van der Waals surface area contributed by atoms with Crippen LogP contribution in [0.5, 0.6) is 0 Å². The Bertz CT molecular complexity index is 822. The molecule has 7 heteroatoms. The summed E-state index contributed by atoms with van der Waals surface area (Å²) in [6, 6.07) is 7.64. The number of amides is 1. The zero-order chi connectivity index (χ0) is 16.4. The van der Waals surface area contributed by atoms with Gasteiger partial charge in [-0.25, -0.2) is 4.98 Å². The molecule has 0 aromatic carbocycles. The fourth-order valence-corrected chi connectivity index (χ4v) is 2.95. The predicted octanol–water partition coefficient (Wildman–Crippen LogP) is 3.54. The maximum atomic E-state index is 12.3. The van der Waals surface area contributed by atoms with Crippen LogP contribution in [0.4, 0.5) is 5.13 Å². The third-order valence-electron chi connectivity index (χ3n) is 3.30. The lowest BCUT2D eigenvalue weighted by molar-refractivity contribution is 0.102. The smallest absolute Gasteiger partial charge is 0.277 e. The van der Waals surface area contributed by atoms with Crippen LogP contribution in [0.2, 0.25) is 0 Å². The van der Waals surface area contributed by atoms with Gasteiger partial charge in [0.15, 0.2) is 10.8 Å². The Morgan fingerprint density at radius 2 is 2.13 bits per heavy atom. The van der Waals surface area contributed by atoms with Gasteiger partial charge in [-0.2, -0.15) is 5.10 Å². The summed E-state index contributed by atoms with van der Waals surface area (Å²) in [6.45, 7) is 6.00. The first-order valence-electron chi connectivity index (χ1n) is 7.29. The molecule has 0 atom stereocenters. The molecule has 3 heterocycles. The van der Waals surface area contributed by atoms with Gasteiger partial charge in [0.05, 0.1) is 5.69 Å². The number of rotatable bonds is 4. The SMILES string of the molecule is Cc1cc(C(=O)Nc2nc(-c3ccccn3)cs2)nn1C(C)C. The third-order valence-corrected chi connectivity index (χ3v) is 4.05. The molecule has 0 aliphatic rings. The largest absolute Gasteiger partial charge is 0.296 e. The van der Waals surface area contributed by atoms with Crippen LogP contribution >= 0.6 is 11.3 Å². The number of nitrogens with one attached hydrogen (secondary N) is 1. The van der Waals surface area contributed by atoms with Gasteiger partial charge in [0.25, 0.3) is 5.91 Å². The molecule has 6 nitrogen and oxygen atoms in total. The molecule has 1 amide bonds. The minimum Gasteiger partial charge on any atom is -0.296 e. The first-order chi connectivity index (χ1) is 11.0. The van der Waals surface area contributed by atoms with Crippen molar-refractivity contribution in [2.45, 2.75) is 26.8 Å². The Morgan fingerprint density at radius 1 is 1.30 bits per heavy atom. The molecule has 0 unspecified atom stereocenters. The highest BCUT2D eigenvalue weighted by Gasteiger charge is 2.15. The number of pyridine rings is 1. The molecule has 0 saturated carbocycles. The van der Waals surface area contributed by atoms with E-state index in [1.807, 2.05) is 49.0 Å². The van der Waals surface area contributed by atoms with Crippen molar-refractivity contribution < 1.29 is 4.79 Å². The molecule has 3 aromatic heterocycles. The minimum absolute atomic E-state index is 0.215. The van der Waals surface area contributed by atoms with Gasteiger partial charge >= 0.3 is 0 Å². The monoisotopic (exact) mass is 327 g/mol. The van der Waals surface area contributed by atoms with Crippen molar-refractivity contribution >= 4 is 22.4 Å². The molecule has 0 aliphatic carbocycles. The quantitative estimate of drug-likeness (QED) is 0.795. The van der Waals surface area contributed by atoms with Crippen LogP contribution < -0.4 is 5.32 Å². The Morgan fingerprint density at radius 3 is 2.78 bits per heavy atom. The van der Waals surface area contributed by atoms with E-state index >= 15 is 0 Å². The lowest BCUT2D eigenvalue weighted by atomic mass is 10.3. The second-order valence-electron chi connectivity index (χ2n) is 5.42. The number of hydrogen-bond acceptors (Lipinski definition) is 5. The van der Waals surface area contributed by atoms with Crippen molar-refractivity contribution in [3.8, 4) is 11.4 Å². The molecule has 3 aromatic rings. The van der Waals surface area contributed by atoms with Gasteiger partial charge < -0.3 is 0 Å². The third kappa shape index (κ3) is 3.29. The van der Waals surface area contributed by atoms with Gasteiger partial charge in [-0.3, -0.25) is 19.8 Å². The summed E-state index contributed by atoms with van der Waals surface area (Å²) in [7, 11) is 0. The van der Waals surface area contributed by atoms with Crippen LogP contribution in [-0.2, 0) is 0 Å². The first-order valence-corrected chi connectivity index (χ1v) is 8.17. The van der Waals surface area contributed by atoms with E-state index < -0.39 is 0 Å². The summed E-state index contributed by atoms with van der Waals surface area (Å²) in [6.07, 6.45) is 1.72. The van der Waals surface area contributed by atoms with Crippen LogP contribution in [0.15, 0.2) is 35.8 Å². The predicted molar refractivity (Wildman–Crippen MR) is 90.6 cm³/mol. The van der Waals surface area contributed by atoms with E-state index in [2.05, 4.69) is 20.4 Å². The van der Waals surface area contributed by atoms with E-state index in [4.69, 9.17) is 0 Å². The van der Waals surface area contributed by atoms with Crippen molar-refractivity contribution in [2.24, 2.45) is 0 Å². The van der Waals surface area contributed by atoms with Gasteiger partial charge in [-0.15, -0.1) is 11.3 Å². The molecule has 118 valence electrons. The van der Waals surface area contributed by atoms with Crippen molar-refractivity contribution in [1.29, 1.82) is 0 Å². The standard InChI is InChI=1S/C16H17N5OS/c1-10(2)21-11(3)8-13(20-21)15(22)19-16-18-14(9-23-16)12-6-4-5-7-17-12/h4-10H,1-3H3,(H,18,19,22). The molecule has 0 aliphatic heterocycles. The number of nitrogens with zero attached hydrogens (tertiary/aromatic N) is 4. The lowest BCUT2D eigenvalue weighted by Crippen LogP contribution is -2.13. The Balaban J connectivity index is 1.76. The molecular weight excluding hydrogens is 310 g/mol. The number of thiazole rings is 1. The number of aryl methyl sites for hydroxylation is 1. The average Bonchev–Trinajstić information content (AvgIpc) is 3.15. The van der Waals surface area contributed by atoms with E-state index in [-0.39, 0.29) is 11.9 Å². The maximum absolute atomic E-state index is 12.3. The summed E-state index contributed by atoms with van der Waals surface area (Å²) < 4.78 is 1.83. The second kappa shape index (κ2) is 6.29. The fraction of sp³-hybridized carbons (Fsp3) is 0.250. The Kier molecular flexibility index (Phi) is 4.20. The van der Waals surface area contributed by atoms with E-state index in [1.165, 1.54) is 11.3 Å². The molecule has 0 radical (unpaired) electrons. The summed E-state index contributed by atoms with van der Waals surface area (Å²) >= 11 is 1.37. The second-order valence-corrected chi connectivity index (χ2v) is 6.27. The van der Waals surface area contributed by atoms with Crippen LogP contribution in [-0.4, -0.2) is 25.7 Å². The average molecular weight is 327 g/mol. The molecule has 0 bridgehead atoms. The van der Waals surface area contributed by atoms with Crippen LogP contribution in [0.25, 0.3) is 11.4 Å². The van der Waals surface area contributed by atoms with Gasteiger partial charge in [0, 0.05) is 23.3 Å². The highest BCUT2D eigenvalue weighted by atomic mass is 32.1. The Hall–Kier alpha value is -2.54. The number of anilines is 1. The normalized spacial score (nSPS) is 11.0. The van der Waals surface area contributed by atoms with Crippen molar-refractivity contribution in [3.05, 3.63) is 47.2 Å². The summed E-state index contributed by atoms with van der Waals surface area (Å²) in [5.41, 5.74) is 2.88. The molecular formula is C16H17N5OS. The fourth-order valence-electron chi connectivity index (χ4n) is 2.25. The topological polar surface area (TPSA) is 72.7 Å². The van der Waals surface area contributed by atoms with Crippen molar-refractivity contribution in [1.82, 2.24) is 19.7 Å². The van der Waals surface area contributed by atoms with Gasteiger partial charge in [0.1, 0.15) is 5.69 Å². The molecule has 0 fully saturated rings. The van der Waals surface area contributed by atoms with E-state index in [1.54, 1.807) is 12.3 Å². The maximum Gasteiger partial charge on any atom is 0.277 e. The first kappa shape index (κ1) is 15.4. The zero-order valence-electron chi connectivity index (χ0n) is 13.1. The van der Waals surface area contributed by atoms with Crippen molar-refractivity contribution in [3.63, 3.8) is 0 Å². The number of hydrogen-bond donors (Lipinski definition) is 1. The van der Waals surface area contributed by atoms with Crippen molar-refractivity contribution in [2.75, 3.05) is 5.32 Å². The van der Waals surface area contributed by atoms with Gasteiger partial charge in [-0.1, -0.05) is 6.07 Å². The van der Waals surface area contributed by atoms with E-state index in [0.717, 1.165) is 17.1 Å². The van der Waals surface area contributed by atoms with Gasteiger partial charge in [-0.05, 0) is 39.0 Å². The number of carbonyl (C=O) groups excluding carboxylic acids is 1. The zero-order valence-corrected chi connectivity index (χ0v) is 14.0. The van der Waals surface area contributed by atoms with E-state index in [9.17, 15) is 4.79 Å².